The van der Waals surface area contributed by atoms with Gasteiger partial charge in [-0.15, -0.1) is 0 Å². The van der Waals surface area contributed by atoms with Crippen LogP contribution in [0.1, 0.15) is 413 Å². The van der Waals surface area contributed by atoms with Crippen LogP contribution < -0.4 is 0 Å². The zero-order chi connectivity index (χ0) is 86.2. The molecule has 0 aromatic rings. The summed E-state index contributed by atoms with van der Waals surface area (Å²) in [5.74, 6) is -2.28. The lowest BCUT2D eigenvalue weighted by atomic mass is 9.84. The van der Waals surface area contributed by atoms with Crippen LogP contribution in [0.5, 0.6) is 0 Å². The highest BCUT2D eigenvalue weighted by molar-refractivity contribution is 7.47. The van der Waals surface area contributed by atoms with Crippen molar-refractivity contribution in [2.75, 3.05) is 26.4 Å². The molecule has 1 saturated carbocycles. The minimum atomic E-state index is -5.81. The molecule has 2 saturated heterocycles. The van der Waals surface area contributed by atoms with Crippen molar-refractivity contribution in [3.8, 4) is 0 Å². The molecule has 0 bridgehead atoms. The molecule has 3 fully saturated rings. The Bertz CT molecular complexity index is 2520. The van der Waals surface area contributed by atoms with Crippen molar-refractivity contribution in [3.05, 3.63) is 12.2 Å². The summed E-state index contributed by atoms with van der Waals surface area (Å²) in [5.41, 5.74) is 0. The van der Waals surface area contributed by atoms with E-state index in [-0.39, 0.29) is 25.7 Å². The average molecular weight is 1710 g/mol. The summed E-state index contributed by atoms with van der Waals surface area (Å²) in [5, 5.41) is 102. The zero-order valence-electron chi connectivity index (χ0n) is 74.1. The first-order valence-electron chi connectivity index (χ1n) is 47.8. The van der Waals surface area contributed by atoms with E-state index in [9.17, 15) is 74.6 Å². The fourth-order valence-corrected chi connectivity index (χ4v) is 16.9. The van der Waals surface area contributed by atoms with Gasteiger partial charge in [-0.2, -0.15) is 0 Å². The SMILES string of the molecule is CCCCCCCC/C=C\CCCCCC(=O)OC(COC(=O)CCCCCCCCC(C)CCCCCCCC)COP(=O)(O)OC1C(OC2OC(CO)C(O)C(O)C2O)C(O)C(O)C(OC(=O)CCCCCCCCCCCCCCCCC)C1OC1OC(COC(=O)CCCCCCCCCCCCCCCCC)C(O)C(O)C1O. The van der Waals surface area contributed by atoms with Crippen LogP contribution >= 0.6 is 7.82 Å². The molecule has 0 spiro atoms. The van der Waals surface area contributed by atoms with Crippen molar-refractivity contribution >= 4 is 31.7 Å². The Kier molecular flexibility index (Phi) is 65.2. The predicted octanol–water partition coefficient (Wildman–Crippen LogP) is 17.8. The molecule has 2 aliphatic heterocycles. The molecule has 694 valence electrons. The molecule has 19 unspecified atom stereocenters. The van der Waals surface area contributed by atoms with Crippen LogP contribution in [0.2, 0.25) is 0 Å². The van der Waals surface area contributed by atoms with E-state index in [2.05, 4.69) is 46.8 Å². The van der Waals surface area contributed by atoms with Crippen molar-refractivity contribution in [3.63, 3.8) is 0 Å². The van der Waals surface area contributed by atoms with Crippen LogP contribution in [0.4, 0.5) is 0 Å². The molecule has 0 aromatic carbocycles. The van der Waals surface area contributed by atoms with Gasteiger partial charge in [-0.3, -0.25) is 28.2 Å². The summed E-state index contributed by atoms with van der Waals surface area (Å²) in [4.78, 5) is 66.5. The number of rotatable bonds is 77. The van der Waals surface area contributed by atoms with E-state index in [1.165, 1.54) is 193 Å². The number of hydrogen-bond donors (Lipinski definition) is 10. The number of esters is 4. The van der Waals surface area contributed by atoms with E-state index in [1.54, 1.807) is 0 Å². The molecule has 0 aromatic heterocycles. The van der Waals surface area contributed by atoms with Gasteiger partial charge >= 0.3 is 31.7 Å². The minimum absolute atomic E-state index is 0.0181. The fraction of sp³-hybridized carbons (Fsp3) is 0.935. The monoisotopic (exact) mass is 1710 g/mol. The molecule has 26 heteroatoms. The number of hydrogen-bond acceptors (Lipinski definition) is 24. The van der Waals surface area contributed by atoms with E-state index in [0.717, 1.165) is 122 Å². The minimum Gasteiger partial charge on any atom is -0.463 e. The summed E-state index contributed by atoms with van der Waals surface area (Å²) < 4.78 is 73.5. The number of aliphatic hydroxyl groups is 9. The van der Waals surface area contributed by atoms with Crippen LogP contribution in [0.3, 0.4) is 0 Å². The number of unbranched alkanes of at least 4 members (excludes halogenated alkanes) is 47. The Labute approximate surface area is 712 Å². The standard InChI is InChI=1S/C92H171O25P/c1-6-10-14-18-22-25-28-31-33-36-38-41-44-51-58-64-76(95)109-70-74-80(99)82(101)86(105)92(113-74)116-89-87(114-78(97)66-60-54-46-43-40-37-34-32-29-26-23-19-15-11-7-2)83(102)84(103)88(115-91-85(104)81(100)79(98)73(67-93)112-91)90(89)117-118(106,107)110-69-72(111-77(96)65-59-53-45-42-39-35-30-27-24-20-16-12-8-3)68-108-75(94)63-57-52-48-47-50-56-62-71(5)61-55-49-21-17-13-9-4/h35,39,71-74,79-93,98-105H,6-34,36-38,40-70H2,1-5H3,(H,106,107)/b39-35-. The molecule has 0 amide bonds. The maximum absolute atomic E-state index is 14.9. The quantitative estimate of drug-likeness (QED) is 0.00889. The van der Waals surface area contributed by atoms with Crippen LogP contribution in [-0.4, -0.2) is 205 Å². The second-order valence-electron chi connectivity index (χ2n) is 34.5. The van der Waals surface area contributed by atoms with Crippen LogP contribution in [0.25, 0.3) is 0 Å². The van der Waals surface area contributed by atoms with Crippen molar-refractivity contribution in [1.82, 2.24) is 0 Å². The number of carbonyl (C=O) groups excluding carboxylic acids is 4. The number of allylic oxidation sites excluding steroid dienone is 2. The first-order chi connectivity index (χ1) is 57.1. The van der Waals surface area contributed by atoms with Gasteiger partial charge in [0.05, 0.1) is 13.2 Å². The van der Waals surface area contributed by atoms with Gasteiger partial charge in [0.1, 0.15) is 92.6 Å². The summed E-state index contributed by atoms with van der Waals surface area (Å²) in [7, 11) is -5.81. The second-order valence-corrected chi connectivity index (χ2v) is 35.9. The third kappa shape index (κ3) is 50.4. The molecule has 2 heterocycles. The number of phosphoric acid groups is 1. The van der Waals surface area contributed by atoms with Crippen molar-refractivity contribution in [2.24, 2.45) is 5.92 Å². The summed E-state index contributed by atoms with van der Waals surface area (Å²) in [6, 6.07) is 0. The van der Waals surface area contributed by atoms with Crippen molar-refractivity contribution in [1.29, 1.82) is 0 Å². The largest absolute Gasteiger partial charge is 0.472 e. The van der Waals surface area contributed by atoms with Gasteiger partial charge in [0.2, 0.25) is 0 Å². The highest BCUT2D eigenvalue weighted by Crippen LogP contribution is 2.49. The average Bonchev–Trinajstić information content (AvgIpc) is 0.754. The third-order valence-electron chi connectivity index (χ3n) is 23.7. The fourth-order valence-electron chi connectivity index (χ4n) is 16.0. The van der Waals surface area contributed by atoms with Crippen molar-refractivity contribution < 1.29 is 122 Å². The molecule has 1 aliphatic carbocycles. The van der Waals surface area contributed by atoms with E-state index in [1.807, 2.05) is 0 Å². The first kappa shape index (κ1) is 109. The van der Waals surface area contributed by atoms with E-state index >= 15 is 0 Å². The first-order valence-corrected chi connectivity index (χ1v) is 49.3. The topological polar surface area (TPSA) is 380 Å². The summed E-state index contributed by atoms with van der Waals surface area (Å²) >= 11 is 0. The number of phosphoric ester groups is 1. The Hall–Kier alpha value is -2.79. The summed E-state index contributed by atoms with van der Waals surface area (Å²) in [6.07, 6.45) is 27.8. The van der Waals surface area contributed by atoms with Crippen LogP contribution in [-0.2, 0) is 70.7 Å². The van der Waals surface area contributed by atoms with E-state index in [0.29, 0.717) is 44.4 Å². The molecule has 10 N–H and O–H groups in total. The maximum Gasteiger partial charge on any atom is 0.472 e. The molecular formula is C92H171O25P. The van der Waals surface area contributed by atoms with E-state index in [4.69, 9.17) is 46.9 Å². The van der Waals surface area contributed by atoms with E-state index < -0.39 is 162 Å². The normalized spacial score (nSPS) is 25.2. The molecule has 118 heavy (non-hydrogen) atoms. The molecule has 0 radical (unpaired) electrons. The van der Waals surface area contributed by atoms with Gasteiger partial charge in [0, 0.05) is 25.7 Å². The Balaban J connectivity index is 1.92. The lowest BCUT2D eigenvalue weighted by Gasteiger charge is -2.50. The molecule has 3 aliphatic rings. The van der Waals surface area contributed by atoms with Crippen LogP contribution in [0, 0.1) is 5.92 Å². The molecule has 3 rings (SSSR count). The predicted molar refractivity (Wildman–Crippen MR) is 458 cm³/mol. The third-order valence-corrected chi connectivity index (χ3v) is 24.7. The highest BCUT2D eigenvalue weighted by atomic mass is 31.2. The number of ether oxygens (including phenoxy) is 8. The number of carbonyl (C=O) groups is 4. The smallest absolute Gasteiger partial charge is 0.463 e. The Morgan fingerprint density at radius 2 is 0.686 bits per heavy atom. The lowest BCUT2D eigenvalue weighted by Crippen LogP contribution is -2.70. The van der Waals surface area contributed by atoms with Gasteiger partial charge in [0.25, 0.3) is 0 Å². The van der Waals surface area contributed by atoms with Crippen molar-refractivity contribution in [2.45, 2.75) is 518 Å². The zero-order valence-corrected chi connectivity index (χ0v) is 75.0. The Morgan fingerprint density at radius 3 is 1.10 bits per heavy atom. The molecular weight excluding hydrogens is 1540 g/mol. The van der Waals surface area contributed by atoms with Crippen LogP contribution in [0.15, 0.2) is 12.2 Å². The molecule has 19 atom stereocenters. The number of aliphatic hydroxyl groups excluding tert-OH is 9. The second kappa shape index (κ2) is 70.4. The maximum atomic E-state index is 14.9. The Morgan fingerprint density at radius 1 is 0.356 bits per heavy atom. The highest BCUT2D eigenvalue weighted by Gasteiger charge is 2.60. The van der Waals surface area contributed by atoms with Gasteiger partial charge in [-0.25, -0.2) is 4.57 Å². The van der Waals surface area contributed by atoms with Gasteiger partial charge in [-0.05, 0) is 57.3 Å². The van der Waals surface area contributed by atoms with Gasteiger partial charge in [-0.1, -0.05) is 349 Å². The van der Waals surface area contributed by atoms with Gasteiger partial charge in [0.15, 0.2) is 24.8 Å². The van der Waals surface area contributed by atoms with Gasteiger partial charge < -0.3 is 88.7 Å². The summed E-state index contributed by atoms with van der Waals surface area (Å²) in [6.45, 7) is 7.93. The lowest BCUT2D eigenvalue weighted by molar-refractivity contribution is -0.360. The molecule has 25 nitrogen and oxygen atoms in total.